The summed E-state index contributed by atoms with van der Waals surface area (Å²) in [6.07, 6.45) is 0. The minimum Gasteiger partial charge on any atom is -0.497 e. The Morgan fingerprint density at radius 2 is 1.85 bits per heavy atom. The van der Waals surface area contributed by atoms with E-state index in [-0.39, 0.29) is 12.4 Å². The van der Waals surface area contributed by atoms with Crippen molar-refractivity contribution >= 4 is 29.3 Å². The third-order valence-electron chi connectivity index (χ3n) is 3.59. The van der Waals surface area contributed by atoms with Crippen molar-refractivity contribution < 1.29 is 23.9 Å². The van der Waals surface area contributed by atoms with E-state index in [1.54, 1.807) is 31.4 Å². The zero-order valence-electron chi connectivity index (χ0n) is 14.4. The van der Waals surface area contributed by atoms with Crippen LogP contribution < -0.4 is 14.0 Å². The molecule has 7 nitrogen and oxygen atoms in total. The first kappa shape index (κ1) is 19.1. The smallest absolute Gasteiger partial charge is 0.342 e. The van der Waals surface area contributed by atoms with Gasteiger partial charge in [0.05, 0.1) is 12.2 Å². The number of aliphatic carboxylic acids is 1. The number of nitrogens with zero attached hydrogens (tertiary/aromatic N) is 2. The highest BCUT2D eigenvalue weighted by Gasteiger charge is 2.23. The molecule has 27 heavy (non-hydrogen) atoms. The molecule has 0 saturated heterocycles. The molecule has 140 valence electrons. The largest absolute Gasteiger partial charge is 0.497 e. The Morgan fingerprint density at radius 3 is 2.48 bits per heavy atom. The highest BCUT2D eigenvalue weighted by molar-refractivity contribution is 7.99. The number of thioether (sulfide) groups is 1. The Kier molecular flexibility index (Phi) is 6.20. The summed E-state index contributed by atoms with van der Waals surface area (Å²) in [6.45, 7) is 0.217. The molecule has 0 spiro atoms. The molecule has 0 aliphatic rings. The van der Waals surface area contributed by atoms with Gasteiger partial charge in [-0.3, -0.25) is 4.79 Å². The van der Waals surface area contributed by atoms with Crippen LogP contribution in [0.4, 0.5) is 0 Å². The van der Waals surface area contributed by atoms with Crippen molar-refractivity contribution in [1.29, 1.82) is 0 Å². The molecule has 0 amide bonds. The lowest BCUT2D eigenvalue weighted by molar-refractivity contribution is -0.646. The summed E-state index contributed by atoms with van der Waals surface area (Å²) >= 11 is 7.01. The molecule has 0 aliphatic carbocycles. The maximum Gasteiger partial charge on any atom is 0.342 e. The van der Waals surface area contributed by atoms with Crippen LogP contribution >= 0.6 is 23.4 Å². The van der Waals surface area contributed by atoms with Gasteiger partial charge in [-0.1, -0.05) is 11.6 Å². The number of hydrogen-bond acceptors (Lipinski definition) is 5. The van der Waals surface area contributed by atoms with Crippen LogP contribution in [-0.2, 0) is 11.4 Å². The van der Waals surface area contributed by atoms with E-state index in [1.807, 2.05) is 28.8 Å². The molecule has 0 bridgehead atoms. The minimum absolute atomic E-state index is 0.0987. The van der Waals surface area contributed by atoms with Gasteiger partial charge in [0.1, 0.15) is 22.9 Å². The van der Waals surface area contributed by atoms with E-state index < -0.39 is 5.97 Å². The van der Waals surface area contributed by atoms with Gasteiger partial charge in [-0.2, -0.15) is 4.57 Å². The molecule has 2 N–H and O–H groups in total. The number of carboxylic acids is 1. The zero-order valence-corrected chi connectivity index (χ0v) is 16.0. The average Bonchev–Trinajstić information content (AvgIpc) is 3.09. The van der Waals surface area contributed by atoms with Gasteiger partial charge >= 0.3 is 11.1 Å². The summed E-state index contributed by atoms with van der Waals surface area (Å²) in [7, 11) is 1.60. The maximum absolute atomic E-state index is 10.9. The third-order valence-corrected chi connectivity index (χ3v) is 4.76. The molecule has 0 atom stereocenters. The van der Waals surface area contributed by atoms with E-state index in [0.29, 0.717) is 21.8 Å². The van der Waals surface area contributed by atoms with Crippen molar-refractivity contribution in [2.75, 3.05) is 12.9 Å². The van der Waals surface area contributed by atoms with E-state index >= 15 is 0 Å². The van der Waals surface area contributed by atoms with E-state index in [9.17, 15) is 4.79 Å². The molecule has 9 heteroatoms. The normalized spacial score (nSPS) is 10.6. The highest BCUT2D eigenvalue weighted by atomic mass is 35.5. The number of benzene rings is 2. The number of halogens is 1. The number of rotatable bonds is 8. The third kappa shape index (κ3) is 4.93. The highest BCUT2D eigenvalue weighted by Crippen LogP contribution is 2.19. The van der Waals surface area contributed by atoms with Gasteiger partial charge in [0.2, 0.25) is 0 Å². The Morgan fingerprint density at radius 1 is 1.19 bits per heavy atom. The Labute approximate surface area is 164 Å². The van der Waals surface area contributed by atoms with Gasteiger partial charge < -0.3 is 14.6 Å². The molecule has 0 radical (unpaired) electrons. The minimum atomic E-state index is -0.914. The number of hydrogen-bond donors (Lipinski definition) is 2. The lowest BCUT2D eigenvalue weighted by Gasteiger charge is -2.07. The fraction of sp³-hybridized carbons (Fsp3) is 0.167. The molecular weight excluding hydrogens is 390 g/mol. The van der Waals surface area contributed by atoms with Gasteiger partial charge in [-0.05, 0) is 60.3 Å². The Balaban J connectivity index is 1.87. The average molecular weight is 407 g/mol. The van der Waals surface area contributed by atoms with Crippen LogP contribution in [0.15, 0.2) is 53.7 Å². The van der Waals surface area contributed by atoms with Crippen LogP contribution in [0.25, 0.3) is 5.69 Å². The summed E-state index contributed by atoms with van der Waals surface area (Å²) in [4.78, 5) is 10.9. The predicted molar refractivity (Wildman–Crippen MR) is 101 cm³/mol. The van der Waals surface area contributed by atoms with Crippen LogP contribution in [0, 0.1) is 0 Å². The topological polar surface area (TPSA) is 88.3 Å². The van der Waals surface area contributed by atoms with Gasteiger partial charge in [0, 0.05) is 5.02 Å². The molecule has 1 heterocycles. The van der Waals surface area contributed by atoms with Crippen LogP contribution in [-0.4, -0.2) is 34.1 Å². The number of H-pyrrole nitrogens is 1. The first-order valence-corrected chi connectivity index (χ1v) is 9.30. The predicted octanol–water partition coefficient (Wildman–Crippen LogP) is 3.10. The lowest BCUT2D eigenvalue weighted by Crippen LogP contribution is -2.37. The molecule has 2 aromatic carbocycles. The van der Waals surface area contributed by atoms with Crippen molar-refractivity contribution in [2.45, 2.75) is 11.8 Å². The summed E-state index contributed by atoms with van der Waals surface area (Å²) in [6, 6.07) is 14.4. The number of aromatic amines is 1. The molecule has 0 fully saturated rings. The van der Waals surface area contributed by atoms with E-state index in [4.69, 9.17) is 26.2 Å². The van der Waals surface area contributed by atoms with E-state index in [2.05, 4.69) is 10.2 Å². The zero-order chi connectivity index (χ0) is 19.2. The first-order chi connectivity index (χ1) is 13.1. The molecular formula is C18H17ClN3O4S+. The second kappa shape index (κ2) is 8.79. The molecule has 0 saturated carbocycles. The Hall–Kier alpha value is -2.71. The summed E-state index contributed by atoms with van der Waals surface area (Å²) in [5.41, 5.74) is 0.812. The number of aromatic nitrogens is 3. The van der Waals surface area contributed by atoms with Gasteiger partial charge in [0.25, 0.3) is 5.82 Å². The van der Waals surface area contributed by atoms with Crippen molar-refractivity contribution in [3.05, 3.63) is 59.4 Å². The second-order valence-electron chi connectivity index (χ2n) is 5.41. The van der Waals surface area contributed by atoms with Crippen molar-refractivity contribution in [3.8, 4) is 17.2 Å². The van der Waals surface area contributed by atoms with Crippen molar-refractivity contribution in [1.82, 2.24) is 10.2 Å². The summed E-state index contributed by atoms with van der Waals surface area (Å²) in [5, 5.41) is 17.3. The Bertz CT molecular complexity index is 913. The van der Waals surface area contributed by atoms with Crippen molar-refractivity contribution in [2.24, 2.45) is 0 Å². The summed E-state index contributed by atoms with van der Waals surface area (Å²) < 4.78 is 12.8. The first-order valence-electron chi connectivity index (χ1n) is 7.93. The van der Waals surface area contributed by atoms with Gasteiger partial charge in [-0.15, -0.1) is 5.10 Å². The number of nitrogens with one attached hydrogen (secondary N) is 1. The van der Waals surface area contributed by atoms with E-state index in [0.717, 1.165) is 23.2 Å². The van der Waals surface area contributed by atoms with Gasteiger partial charge in [0.15, 0.2) is 6.61 Å². The van der Waals surface area contributed by atoms with Crippen LogP contribution in [0.2, 0.25) is 5.02 Å². The summed E-state index contributed by atoms with van der Waals surface area (Å²) in [5.74, 6) is 1.04. The number of carboxylic acid groups (broad SMARTS) is 1. The van der Waals surface area contributed by atoms with Crippen LogP contribution in [0.3, 0.4) is 0 Å². The molecule has 0 aliphatic heterocycles. The quantitative estimate of drug-likeness (QED) is 0.441. The molecule has 0 unspecified atom stereocenters. The van der Waals surface area contributed by atoms with Crippen molar-refractivity contribution in [3.63, 3.8) is 0 Å². The van der Waals surface area contributed by atoms with E-state index in [1.165, 1.54) is 0 Å². The second-order valence-corrected chi connectivity index (χ2v) is 6.79. The standard InChI is InChI=1S/C18H16ClN3O4S/c1-25-14-8-4-13(5-9-14)22-16(20-21-18(22)27-11-17(23)24)10-26-15-6-2-12(19)3-7-15/h2-9H,10-11H2,1H3,(H,23,24)/p+1. The number of methoxy groups -OCH3 is 1. The fourth-order valence-corrected chi connectivity index (χ4v) is 3.16. The number of carbonyl (C=O) groups is 1. The van der Waals surface area contributed by atoms with Crippen LogP contribution in [0.5, 0.6) is 11.5 Å². The molecule has 1 aromatic heterocycles. The maximum atomic E-state index is 10.9. The van der Waals surface area contributed by atoms with Gasteiger partial charge in [-0.25, -0.2) is 0 Å². The monoisotopic (exact) mass is 406 g/mol. The molecule has 3 aromatic rings. The van der Waals surface area contributed by atoms with Crippen LogP contribution in [0.1, 0.15) is 5.82 Å². The molecule has 3 rings (SSSR count). The fourth-order valence-electron chi connectivity index (χ4n) is 2.33. The number of ether oxygens (including phenoxy) is 2. The SMILES string of the molecule is COc1ccc(-[n+]2c(SCC(=O)O)n[nH]c2COc2ccc(Cl)cc2)cc1. The lowest BCUT2D eigenvalue weighted by atomic mass is 10.3.